The number of piperidine rings is 1. The molecule has 3 saturated heterocycles. The van der Waals surface area contributed by atoms with Gasteiger partial charge in [-0.1, -0.05) is 24.3 Å². The van der Waals surface area contributed by atoms with E-state index < -0.39 is 0 Å². The molecule has 0 unspecified atom stereocenters. The van der Waals surface area contributed by atoms with Crippen molar-refractivity contribution in [3.8, 4) is 0 Å². The second kappa shape index (κ2) is 6.20. The SMILES string of the molecule is Cc1ccccc1CN1CCC(N2C(=O)[C@H]3CCCN3C2=O)CC1. The average Bonchev–Trinajstić information content (AvgIpc) is 3.15. The molecule has 5 nitrogen and oxygen atoms in total. The highest BCUT2D eigenvalue weighted by Gasteiger charge is 2.49. The summed E-state index contributed by atoms with van der Waals surface area (Å²) in [5, 5.41) is 0. The molecule has 1 aromatic carbocycles. The van der Waals surface area contributed by atoms with Crippen LogP contribution in [0.4, 0.5) is 4.79 Å². The van der Waals surface area contributed by atoms with Crippen molar-refractivity contribution in [1.82, 2.24) is 14.7 Å². The third-order valence-electron chi connectivity index (χ3n) is 5.80. The van der Waals surface area contributed by atoms with E-state index in [0.29, 0.717) is 0 Å². The Bertz CT molecular complexity index is 630. The number of likely N-dealkylation sites (tertiary alicyclic amines) is 1. The zero-order valence-corrected chi connectivity index (χ0v) is 14.3. The number of hydrogen-bond acceptors (Lipinski definition) is 3. The van der Waals surface area contributed by atoms with Gasteiger partial charge in [0.1, 0.15) is 6.04 Å². The van der Waals surface area contributed by atoms with Crippen LogP contribution < -0.4 is 0 Å². The lowest BCUT2D eigenvalue weighted by molar-refractivity contribution is -0.130. The van der Waals surface area contributed by atoms with Gasteiger partial charge in [-0.05, 0) is 43.7 Å². The number of carbonyl (C=O) groups excluding carboxylic acids is 2. The number of benzene rings is 1. The van der Waals surface area contributed by atoms with Crippen molar-refractivity contribution in [2.75, 3.05) is 19.6 Å². The number of imide groups is 1. The molecule has 3 heterocycles. The normalized spacial score (nSPS) is 25.6. The second-order valence-corrected chi connectivity index (χ2v) is 7.28. The summed E-state index contributed by atoms with van der Waals surface area (Å²) in [6.45, 7) is 5.74. The van der Waals surface area contributed by atoms with Gasteiger partial charge in [0.2, 0.25) is 0 Å². The number of rotatable bonds is 3. The minimum atomic E-state index is -0.164. The topological polar surface area (TPSA) is 43.9 Å². The molecule has 0 saturated carbocycles. The van der Waals surface area contributed by atoms with Crippen molar-refractivity contribution in [3.05, 3.63) is 35.4 Å². The molecule has 3 aliphatic heterocycles. The number of amides is 3. The van der Waals surface area contributed by atoms with Gasteiger partial charge in [0.05, 0.1) is 0 Å². The maximum atomic E-state index is 12.6. The monoisotopic (exact) mass is 327 g/mol. The highest BCUT2D eigenvalue weighted by atomic mass is 16.2. The van der Waals surface area contributed by atoms with Crippen molar-refractivity contribution >= 4 is 11.9 Å². The fourth-order valence-corrected chi connectivity index (χ4v) is 4.35. The van der Waals surface area contributed by atoms with Crippen molar-refractivity contribution < 1.29 is 9.59 Å². The van der Waals surface area contributed by atoms with Gasteiger partial charge in [-0.15, -0.1) is 0 Å². The van der Waals surface area contributed by atoms with Gasteiger partial charge in [0, 0.05) is 32.2 Å². The lowest BCUT2D eigenvalue weighted by atomic mass is 10.0. The van der Waals surface area contributed by atoms with E-state index in [9.17, 15) is 9.59 Å². The maximum absolute atomic E-state index is 12.6. The number of urea groups is 1. The molecular formula is C19H25N3O2. The van der Waals surface area contributed by atoms with E-state index in [1.54, 1.807) is 9.80 Å². The van der Waals surface area contributed by atoms with E-state index in [2.05, 4.69) is 36.1 Å². The highest BCUT2D eigenvalue weighted by molar-refractivity contribution is 6.04. The van der Waals surface area contributed by atoms with E-state index in [1.165, 1.54) is 11.1 Å². The third kappa shape index (κ3) is 2.61. The molecular weight excluding hydrogens is 302 g/mol. The summed E-state index contributed by atoms with van der Waals surface area (Å²) in [6, 6.07) is 8.37. The first-order chi connectivity index (χ1) is 11.6. The van der Waals surface area contributed by atoms with E-state index in [4.69, 9.17) is 0 Å². The fraction of sp³-hybridized carbons (Fsp3) is 0.579. The molecule has 24 heavy (non-hydrogen) atoms. The second-order valence-electron chi connectivity index (χ2n) is 7.28. The summed E-state index contributed by atoms with van der Waals surface area (Å²) in [5.41, 5.74) is 2.69. The molecule has 0 spiro atoms. The van der Waals surface area contributed by atoms with E-state index in [-0.39, 0.29) is 24.0 Å². The van der Waals surface area contributed by atoms with Gasteiger partial charge in [-0.3, -0.25) is 14.6 Å². The number of fused-ring (bicyclic) bond motifs is 1. The molecule has 0 bridgehead atoms. The Balaban J connectivity index is 1.37. The van der Waals surface area contributed by atoms with Crippen LogP contribution in [0.3, 0.4) is 0 Å². The van der Waals surface area contributed by atoms with Crippen molar-refractivity contribution in [2.24, 2.45) is 0 Å². The smallest absolute Gasteiger partial charge is 0.312 e. The average molecular weight is 327 g/mol. The molecule has 0 aliphatic carbocycles. The molecule has 5 heteroatoms. The summed E-state index contributed by atoms with van der Waals surface area (Å²) in [5.74, 6) is 0.0508. The van der Waals surface area contributed by atoms with Gasteiger partial charge in [-0.25, -0.2) is 4.79 Å². The quantitative estimate of drug-likeness (QED) is 0.801. The minimum Gasteiger partial charge on any atom is -0.312 e. The van der Waals surface area contributed by atoms with Crippen LogP contribution >= 0.6 is 0 Å². The van der Waals surface area contributed by atoms with Gasteiger partial charge in [0.15, 0.2) is 0 Å². The van der Waals surface area contributed by atoms with E-state index in [1.807, 2.05) is 0 Å². The largest absolute Gasteiger partial charge is 0.327 e. The Hall–Kier alpha value is -1.88. The number of aryl methyl sites for hydroxylation is 1. The van der Waals surface area contributed by atoms with Crippen LogP contribution in [0.5, 0.6) is 0 Å². The number of nitrogens with zero attached hydrogens (tertiary/aromatic N) is 3. The van der Waals surface area contributed by atoms with Gasteiger partial charge >= 0.3 is 6.03 Å². The van der Waals surface area contributed by atoms with Crippen LogP contribution in [0.2, 0.25) is 0 Å². The standard InChI is InChI=1S/C19H25N3O2/c1-14-5-2-3-6-15(14)13-20-11-8-16(9-12-20)22-18(23)17-7-4-10-21(17)19(22)24/h2-3,5-6,16-17H,4,7-13H2,1H3/t17-/m1/s1. The number of hydrogen-bond donors (Lipinski definition) is 0. The maximum Gasteiger partial charge on any atom is 0.327 e. The minimum absolute atomic E-state index is 0.0418. The van der Waals surface area contributed by atoms with Crippen LogP contribution in [0.25, 0.3) is 0 Å². The summed E-state index contributed by atoms with van der Waals surface area (Å²) >= 11 is 0. The van der Waals surface area contributed by atoms with E-state index >= 15 is 0 Å². The first-order valence-electron chi connectivity index (χ1n) is 9.05. The Morgan fingerprint density at radius 2 is 1.79 bits per heavy atom. The molecule has 3 aliphatic rings. The Morgan fingerprint density at radius 3 is 2.50 bits per heavy atom. The Labute approximate surface area is 143 Å². The van der Waals surface area contributed by atoms with E-state index in [0.717, 1.165) is 51.9 Å². The molecule has 3 fully saturated rings. The Kier molecular flexibility index (Phi) is 4.04. The zero-order valence-electron chi connectivity index (χ0n) is 14.3. The first kappa shape index (κ1) is 15.6. The summed E-state index contributed by atoms with van der Waals surface area (Å²) in [6.07, 6.45) is 3.59. The molecule has 0 N–H and O–H groups in total. The van der Waals surface area contributed by atoms with Crippen molar-refractivity contribution in [1.29, 1.82) is 0 Å². The summed E-state index contributed by atoms with van der Waals surface area (Å²) in [4.78, 5) is 30.9. The molecule has 0 aromatic heterocycles. The van der Waals surface area contributed by atoms with Crippen LogP contribution in [0.15, 0.2) is 24.3 Å². The fourth-order valence-electron chi connectivity index (χ4n) is 4.35. The van der Waals surface area contributed by atoms with Gasteiger partial charge in [0.25, 0.3) is 5.91 Å². The predicted molar refractivity (Wildman–Crippen MR) is 91.4 cm³/mol. The lowest BCUT2D eigenvalue weighted by Gasteiger charge is -2.35. The summed E-state index contributed by atoms with van der Waals surface area (Å²) < 4.78 is 0. The van der Waals surface area contributed by atoms with Crippen LogP contribution in [-0.4, -0.2) is 58.4 Å². The molecule has 3 amide bonds. The third-order valence-corrected chi connectivity index (χ3v) is 5.80. The molecule has 128 valence electrons. The van der Waals surface area contributed by atoms with Crippen LogP contribution in [-0.2, 0) is 11.3 Å². The zero-order chi connectivity index (χ0) is 16.7. The van der Waals surface area contributed by atoms with Crippen LogP contribution in [0.1, 0.15) is 36.8 Å². The molecule has 4 rings (SSSR count). The predicted octanol–water partition coefficient (Wildman–Crippen LogP) is 2.39. The van der Waals surface area contributed by atoms with Gasteiger partial charge in [-0.2, -0.15) is 0 Å². The first-order valence-corrected chi connectivity index (χ1v) is 9.05. The van der Waals surface area contributed by atoms with Gasteiger partial charge < -0.3 is 4.90 Å². The lowest BCUT2D eigenvalue weighted by Crippen LogP contribution is -2.48. The Morgan fingerprint density at radius 1 is 1.04 bits per heavy atom. The summed E-state index contributed by atoms with van der Waals surface area (Å²) in [7, 11) is 0. The van der Waals surface area contributed by atoms with Crippen molar-refractivity contribution in [3.63, 3.8) is 0 Å². The molecule has 1 aromatic rings. The van der Waals surface area contributed by atoms with Crippen LogP contribution in [0, 0.1) is 6.92 Å². The highest BCUT2D eigenvalue weighted by Crippen LogP contribution is 2.31. The van der Waals surface area contributed by atoms with Crippen molar-refractivity contribution in [2.45, 2.75) is 51.2 Å². The molecule has 1 atom stereocenters. The number of carbonyl (C=O) groups is 2. The molecule has 0 radical (unpaired) electrons.